The van der Waals surface area contributed by atoms with E-state index < -0.39 is 0 Å². The molecular formula is C9H9N3O. The number of phenols is 1. The Morgan fingerprint density at radius 1 is 1.23 bits per heavy atom. The Morgan fingerprint density at radius 3 is 2.77 bits per heavy atom. The van der Waals surface area contributed by atoms with E-state index >= 15 is 0 Å². The van der Waals surface area contributed by atoms with Gasteiger partial charge >= 0.3 is 0 Å². The summed E-state index contributed by atoms with van der Waals surface area (Å²) in [5.41, 5.74) is 7.56. The molecule has 0 bridgehead atoms. The summed E-state index contributed by atoms with van der Waals surface area (Å²) in [7, 11) is 0. The van der Waals surface area contributed by atoms with Gasteiger partial charge < -0.3 is 10.8 Å². The van der Waals surface area contributed by atoms with Crippen molar-refractivity contribution in [3.05, 3.63) is 30.1 Å². The Labute approximate surface area is 75.1 Å². The molecule has 0 aliphatic carbocycles. The lowest BCUT2D eigenvalue weighted by Crippen LogP contribution is -1.99. The quantitative estimate of drug-likeness (QED) is 0.672. The molecule has 0 aliphatic heterocycles. The van der Waals surface area contributed by atoms with Crippen LogP contribution in [0.25, 0.3) is 11.0 Å². The van der Waals surface area contributed by atoms with Crippen LogP contribution in [0.2, 0.25) is 0 Å². The molecule has 3 N–H and O–H groups in total. The Bertz CT molecular complexity index is 442. The number of hydrogen-bond donors (Lipinski definition) is 2. The van der Waals surface area contributed by atoms with E-state index in [9.17, 15) is 5.11 Å². The lowest BCUT2D eigenvalue weighted by atomic mass is 10.1. The second-order valence-electron chi connectivity index (χ2n) is 2.69. The third-order valence-electron chi connectivity index (χ3n) is 1.92. The maximum atomic E-state index is 9.46. The zero-order valence-electron chi connectivity index (χ0n) is 6.94. The molecule has 4 heteroatoms. The van der Waals surface area contributed by atoms with E-state index in [0.717, 1.165) is 5.52 Å². The minimum absolute atomic E-state index is 0.176. The summed E-state index contributed by atoms with van der Waals surface area (Å²) in [6, 6.07) is 3.30. The highest BCUT2D eigenvalue weighted by atomic mass is 16.3. The molecule has 0 unspecified atom stereocenters. The van der Waals surface area contributed by atoms with E-state index in [1.807, 2.05) is 0 Å². The van der Waals surface area contributed by atoms with Gasteiger partial charge in [0.05, 0.1) is 11.0 Å². The van der Waals surface area contributed by atoms with Crippen LogP contribution in [0.1, 0.15) is 5.56 Å². The van der Waals surface area contributed by atoms with Gasteiger partial charge in [-0.1, -0.05) is 0 Å². The van der Waals surface area contributed by atoms with Crippen LogP contribution < -0.4 is 5.73 Å². The zero-order chi connectivity index (χ0) is 9.26. The number of phenolic OH excluding ortho intramolecular Hbond substituents is 1. The number of nitrogens with two attached hydrogens (primary N) is 1. The summed E-state index contributed by atoms with van der Waals surface area (Å²) in [6.07, 6.45) is 3.20. The number of rotatable bonds is 1. The van der Waals surface area contributed by atoms with Gasteiger partial charge in [0.15, 0.2) is 0 Å². The summed E-state index contributed by atoms with van der Waals surface area (Å²) in [5.74, 6) is 0.176. The zero-order valence-corrected chi connectivity index (χ0v) is 6.94. The van der Waals surface area contributed by atoms with E-state index in [2.05, 4.69) is 9.97 Å². The van der Waals surface area contributed by atoms with Gasteiger partial charge in [-0.2, -0.15) is 0 Å². The maximum absolute atomic E-state index is 9.46. The number of nitrogens with zero attached hydrogens (tertiary/aromatic N) is 2. The van der Waals surface area contributed by atoms with E-state index in [0.29, 0.717) is 11.1 Å². The summed E-state index contributed by atoms with van der Waals surface area (Å²) in [5, 5.41) is 9.46. The summed E-state index contributed by atoms with van der Waals surface area (Å²) < 4.78 is 0. The minimum Gasteiger partial charge on any atom is -0.508 e. The first-order valence-electron chi connectivity index (χ1n) is 3.94. The smallest absolute Gasteiger partial charge is 0.122 e. The van der Waals surface area contributed by atoms with Crippen LogP contribution in [0, 0.1) is 0 Å². The fourth-order valence-electron chi connectivity index (χ4n) is 1.28. The predicted octanol–water partition coefficient (Wildman–Crippen LogP) is 0.794. The summed E-state index contributed by atoms with van der Waals surface area (Å²) in [6.45, 7) is 0.266. The lowest BCUT2D eigenvalue weighted by Gasteiger charge is -2.03. The Balaban J connectivity index is 2.84. The van der Waals surface area contributed by atoms with Crippen molar-refractivity contribution in [1.29, 1.82) is 0 Å². The largest absolute Gasteiger partial charge is 0.508 e. The molecule has 66 valence electrons. The molecule has 0 saturated carbocycles. The van der Waals surface area contributed by atoms with Crippen molar-refractivity contribution in [3.8, 4) is 5.75 Å². The molecule has 1 aromatic carbocycles. The average molecular weight is 175 g/mol. The highest BCUT2D eigenvalue weighted by Gasteiger charge is 2.05. The van der Waals surface area contributed by atoms with E-state index in [1.165, 1.54) is 0 Å². The molecule has 0 amide bonds. The second kappa shape index (κ2) is 2.99. The molecule has 0 atom stereocenters. The van der Waals surface area contributed by atoms with Crippen molar-refractivity contribution in [1.82, 2.24) is 9.97 Å². The molecule has 13 heavy (non-hydrogen) atoms. The van der Waals surface area contributed by atoms with Crippen LogP contribution in [0.4, 0.5) is 0 Å². The van der Waals surface area contributed by atoms with Crippen molar-refractivity contribution >= 4 is 11.0 Å². The molecule has 1 heterocycles. The van der Waals surface area contributed by atoms with Crippen molar-refractivity contribution in [2.75, 3.05) is 0 Å². The first-order chi connectivity index (χ1) is 6.33. The highest BCUT2D eigenvalue weighted by molar-refractivity contribution is 5.80. The molecular weight excluding hydrogens is 166 g/mol. The normalized spacial score (nSPS) is 10.5. The first kappa shape index (κ1) is 7.94. The van der Waals surface area contributed by atoms with Gasteiger partial charge in [-0.15, -0.1) is 0 Å². The fraction of sp³-hybridized carbons (Fsp3) is 0.111. The van der Waals surface area contributed by atoms with Crippen molar-refractivity contribution in [3.63, 3.8) is 0 Å². The molecule has 2 aromatic rings. The van der Waals surface area contributed by atoms with Crippen LogP contribution in [0.15, 0.2) is 24.5 Å². The average Bonchev–Trinajstić information content (AvgIpc) is 2.18. The number of aromatic nitrogens is 2. The Morgan fingerprint density at radius 2 is 2.00 bits per heavy atom. The van der Waals surface area contributed by atoms with E-state index in [4.69, 9.17) is 5.73 Å². The SMILES string of the molecule is NCc1c(O)ccc2nccnc12. The molecule has 4 nitrogen and oxygen atoms in total. The third-order valence-corrected chi connectivity index (χ3v) is 1.92. The third kappa shape index (κ3) is 1.21. The first-order valence-corrected chi connectivity index (χ1v) is 3.94. The van der Waals surface area contributed by atoms with Gasteiger partial charge in [0, 0.05) is 24.5 Å². The van der Waals surface area contributed by atoms with Gasteiger partial charge in [-0.25, -0.2) is 0 Å². The minimum atomic E-state index is 0.176. The van der Waals surface area contributed by atoms with Crippen LogP contribution in [0.3, 0.4) is 0 Å². The molecule has 0 spiro atoms. The number of aromatic hydroxyl groups is 1. The predicted molar refractivity (Wildman–Crippen MR) is 49.1 cm³/mol. The standard InChI is InChI=1S/C9H9N3O/c10-5-6-8(13)2-1-7-9(6)12-4-3-11-7/h1-4,13H,5,10H2. The van der Waals surface area contributed by atoms with Crippen LogP contribution in [-0.4, -0.2) is 15.1 Å². The fourth-order valence-corrected chi connectivity index (χ4v) is 1.28. The maximum Gasteiger partial charge on any atom is 0.122 e. The molecule has 2 rings (SSSR count). The van der Waals surface area contributed by atoms with Crippen molar-refractivity contribution < 1.29 is 5.11 Å². The van der Waals surface area contributed by atoms with Gasteiger partial charge in [0.2, 0.25) is 0 Å². The topological polar surface area (TPSA) is 72.0 Å². The monoisotopic (exact) mass is 175 g/mol. The summed E-state index contributed by atoms with van der Waals surface area (Å²) in [4.78, 5) is 8.21. The Kier molecular flexibility index (Phi) is 1.83. The van der Waals surface area contributed by atoms with Crippen LogP contribution in [-0.2, 0) is 6.54 Å². The Hall–Kier alpha value is -1.68. The molecule has 1 aromatic heterocycles. The number of fused-ring (bicyclic) bond motifs is 1. The van der Waals surface area contributed by atoms with Gasteiger partial charge in [-0.05, 0) is 12.1 Å². The second-order valence-corrected chi connectivity index (χ2v) is 2.69. The molecule has 0 fully saturated rings. The van der Waals surface area contributed by atoms with Gasteiger partial charge in [0.1, 0.15) is 5.75 Å². The van der Waals surface area contributed by atoms with E-state index in [-0.39, 0.29) is 12.3 Å². The number of hydrogen-bond acceptors (Lipinski definition) is 4. The molecule has 0 aliphatic rings. The van der Waals surface area contributed by atoms with E-state index in [1.54, 1.807) is 24.5 Å². The molecule has 0 saturated heterocycles. The lowest BCUT2D eigenvalue weighted by molar-refractivity contribution is 0.469. The van der Waals surface area contributed by atoms with Crippen LogP contribution >= 0.6 is 0 Å². The van der Waals surface area contributed by atoms with Gasteiger partial charge in [0.25, 0.3) is 0 Å². The van der Waals surface area contributed by atoms with Gasteiger partial charge in [-0.3, -0.25) is 9.97 Å². The molecule has 0 radical (unpaired) electrons. The summed E-state index contributed by atoms with van der Waals surface area (Å²) >= 11 is 0. The highest BCUT2D eigenvalue weighted by Crippen LogP contribution is 2.23. The van der Waals surface area contributed by atoms with Crippen LogP contribution in [0.5, 0.6) is 5.75 Å². The number of benzene rings is 1. The van der Waals surface area contributed by atoms with Crippen molar-refractivity contribution in [2.24, 2.45) is 5.73 Å². The van der Waals surface area contributed by atoms with Crippen molar-refractivity contribution in [2.45, 2.75) is 6.54 Å².